The summed E-state index contributed by atoms with van der Waals surface area (Å²) in [4.78, 5) is 12.8. The summed E-state index contributed by atoms with van der Waals surface area (Å²) in [5.41, 5.74) is 7.62. The van der Waals surface area contributed by atoms with Crippen molar-refractivity contribution in [3.05, 3.63) is 83.2 Å². The van der Waals surface area contributed by atoms with E-state index in [1.807, 2.05) is 53.2 Å². The molecule has 0 bridgehead atoms. The van der Waals surface area contributed by atoms with Crippen molar-refractivity contribution in [2.24, 2.45) is 5.73 Å². The third kappa shape index (κ3) is 2.91. The molecule has 0 saturated carbocycles. The van der Waals surface area contributed by atoms with Gasteiger partial charge in [0.15, 0.2) is 5.82 Å². The second-order valence-corrected chi connectivity index (χ2v) is 7.23. The number of hydrogen-bond acceptors (Lipinski definition) is 3. The van der Waals surface area contributed by atoms with E-state index < -0.39 is 0 Å². The van der Waals surface area contributed by atoms with Crippen molar-refractivity contribution >= 4 is 21.7 Å². The van der Waals surface area contributed by atoms with Crippen LogP contribution in [-0.4, -0.2) is 25.9 Å². The largest absolute Gasteiger partial charge is 0.348 e. The summed E-state index contributed by atoms with van der Waals surface area (Å²) in [5, 5.41) is 9.53. The van der Waals surface area contributed by atoms with Gasteiger partial charge in [-0.1, -0.05) is 36.4 Å². The lowest BCUT2D eigenvalue weighted by atomic mass is 10.1. The van der Waals surface area contributed by atoms with Gasteiger partial charge in [-0.15, -0.1) is 0 Å². The number of halogens is 1. The predicted molar refractivity (Wildman–Crippen MR) is 116 cm³/mol. The molecule has 30 heavy (non-hydrogen) atoms. The summed E-state index contributed by atoms with van der Waals surface area (Å²) in [5.74, 6) is 0.105. The molecule has 6 nitrogen and oxygen atoms in total. The van der Waals surface area contributed by atoms with E-state index in [1.165, 1.54) is 12.1 Å². The van der Waals surface area contributed by atoms with Crippen LogP contribution in [0.4, 0.5) is 4.39 Å². The Balaban J connectivity index is 1.79. The van der Waals surface area contributed by atoms with E-state index in [4.69, 9.17) is 5.73 Å². The minimum atomic E-state index is -0.347. The van der Waals surface area contributed by atoms with Gasteiger partial charge in [0.1, 0.15) is 5.82 Å². The number of H-pyrrole nitrogens is 1. The fourth-order valence-corrected chi connectivity index (χ4v) is 4.00. The second-order valence-electron chi connectivity index (χ2n) is 7.23. The summed E-state index contributed by atoms with van der Waals surface area (Å²) >= 11 is 0. The van der Waals surface area contributed by atoms with Gasteiger partial charge in [0.05, 0.1) is 5.69 Å². The van der Waals surface area contributed by atoms with Gasteiger partial charge in [-0.05, 0) is 42.6 Å². The van der Waals surface area contributed by atoms with Gasteiger partial charge in [0.2, 0.25) is 0 Å². The molecule has 0 amide bonds. The Bertz CT molecular complexity index is 1420. The Morgan fingerprint density at radius 3 is 2.73 bits per heavy atom. The zero-order valence-corrected chi connectivity index (χ0v) is 16.2. The summed E-state index contributed by atoms with van der Waals surface area (Å²) in [6.07, 6.45) is 2.70. The van der Waals surface area contributed by atoms with Gasteiger partial charge in [-0.3, -0.25) is 0 Å². The molecule has 7 heteroatoms. The number of aryl methyl sites for hydroxylation is 1. The molecule has 0 fully saturated rings. The number of benzene rings is 3. The van der Waals surface area contributed by atoms with Gasteiger partial charge in [0.25, 0.3) is 0 Å². The molecule has 0 atom stereocenters. The van der Waals surface area contributed by atoms with Crippen LogP contribution in [0.25, 0.3) is 38.8 Å². The molecule has 5 aromatic rings. The van der Waals surface area contributed by atoms with E-state index in [0.717, 1.165) is 28.4 Å². The Kier molecular flexibility index (Phi) is 4.44. The number of hydrogen-bond donors (Lipinski definition) is 2. The molecule has 2 aromatic heterocycles. The molecule has 0 saturated heterocycles. The molecular weight excluding hydrogens is 381 g/mol. The highest BCUT2D eigenvalue weighted by atomic mass is 19.1. The predicted octanol–water partition coefficient (Wildman–Crippen LogP) is 3.82. The lowest BCUT2D eigenvalue weighted by molar-refractivity contribution is 0.629. The number of rotatable bonds is 5. The highest BCUT2D eigenvalue weighted by molar-refractivity contribution is 5.96. The first-order valence-corrected chi connectivity index (χ1v) is 9.82. The van der Waals surface area contributed by atoms with Crippen molar-refractivity contribution in [3.8, 4) is 17.1 Å². The van der Waals surface area contributed by atoms with E-state index in [2.05, 4.69) is 10.2 Å². The lowest BCUT2D eigenvalue weighted by Gasteiger charge is -2.09. The molecule has 5 rings (SSSR count). The van der Waals surface area contributed by atoms with Gasteiger partial charge < -0.3 is 10.3 Å². The van der Waals surface area contributed by atoms with Crippen LogP contribution in [0, 0.1) is 5.82 Å². The quantitative estimate of drug-likeness (QED) is 0.470. The zero-order valence-electron chi connectivity index (χ0n) is 16.2. The van der Waals surface area contributed by atoms with E-state index >= 15 is 0 Å². The number of nitrogens with one attached hydrogen (secondary N) is 1. The molecule has 2 heterocycles. The summed E-state index contributed by atoms with van der Waals surface area (Å²) in [7, 11) is 0. The van der Waals surface area contributed by atoms with E-state index in [9.17, 15) is 9.18 Å². The molecule has 3 N–H and O–H groups in total. The fourth-order valence-electron chi connectivity index (χ4n) is 4.00. The standard InChI is InChI=1S/C23H20FN5O/c24-16-9-10-20-18(13-16)19(14-28(20)12-4-11-25)22-26-27-23(30)29(22)21-8-3-6-15-5-1-2-7-17(15)21/h1-3,5-10,13-14H,4,11-12,25H2,(H,27,30). The third-order valence-corrected chi connectivity index (χ3v) is 5.37. The maximum absolute atomic E-state index is 14.1. The van der Waals surface area contributed by atoms with E-state index in [0.29, 0.717) is 29.9 Å². The van der Waals surface area contributed by atoms with Crippen LogP contribution in [0.15, 0.2) is 71.7 Å². The maximum atomic E-state index is 14.1. The average molecular weight is 401 g/mol. The van der Waals surface area contributed by atoms with Crippen molar-refractivity contribution in [1.82, 2.24) is 19.3 Å². The third-order valence-electron chi connectivity index (χ3n) is 5.37. The average Bonchev–Trinajstić information content (AvgIpc) is 3.31. The monoisotopic (exact) mass is 401 g/mol. The molecule has 0 aliphatic carbocycles. The minimum Gasteiger partial charge on any atom is -0.347 e. The molecule has 0 aliphatic rings. The van der Waals surface area contributed by atoms with Crippen LogP contribution in [0.5, 0.6) is 0 Å². The Hall–Kier alpha value is -3.71. The highest BCUT2D eigenvalue weighted by Gasteiger charge is 2.19. The number of fused-ring (bicyclic) bond motifs is 2. The maximum Gasteiger partial charge on any atom is 0.348 e. The van der Waals surface area contributed by atoms with Crippen molar-refractivity contribution in [3.63, 3.8) is 0 Å². The number of nitrogens with zero attached hydrogens (tertiary/aromatic N) is 3. The van der Waals surface area contributed by atoms with E-state index in [1.54, 1.807) is 10.6 Å². The van der Waals surface area contributed by atoms with Gasteiger partial charge >= 0.3 is 5.69 Å². The van der Waals surface area contributed by atoms with Crippen LogP contribution >= 0.6 is 0 Å². The SMILES string of the molecule is NCCCn1cc(-c2n[nH]c(=O)n2-c2cccc3ccccc23)c2cc(F)ccc21. The fraction of sp³-hybridized carbons (Fsp3) is 0.130. The second kappa shape index (κ2) is 7.27. The van der Waals surface area contributed by atoms with Crippen molar-refractivity contribution in [1.29, 1.82) is 0 Å². The molecule has 0 aliphatic heterocycles. The van der Waals surface area contributed by atoms with Crippen LogP contribution in [-0.2, 0) is 6.54 Å². The molecule has 0 unspecified atom stereocenters. The van der Waals surface area contributed by atoms with Crippen LogP contribution < -0.4 is 11.4 Å². The number of aromatic amines is 1. The Labute approximate surface area is 171 Å². The first kappa shape index (κ1) is 18.3. The summed E-state index contributed by atoms with van der Waals surface area (Å²) in [6, 6.07) is 18.3. The molecular formula is C23H20FN5O. The number of aromatic nitrogens is 4. The van der Waals surface area contributed by atoms with E-state index in [-0.39, 0.29) is 11.5 Å². The first-order chi connectivity index (χ1) is 14.7. The zero-order chi connectivity index (χ0) is 20.7. The van der Waals surface area contributed by atoms with Crippen molar-refractivity contribution in [2.45, 2.75) is 13.0 Å². The summed E-state index contributed by atoms with van der Waals surface area (Å²) < 4.78 is 17.7. The minimum absolute atomic E-state index is 0.338. The van der Waals surface area contributed by atoms with Crippen LogP contribution in [0.3, 0.4) is 0 Å². The smallest absolute Gasteiger partial charge is 0.347 e. The van der Waals surface area contributed by atoms with Crippen molar-refractivity contribution < 1.29 is 4.39 Å². The van der Waals surface area contributed by atoms with Gasteiger partial charge in [-0.25, -0.2) is 18.9 Å². The van der Waals surface area contributed by atoms with Crippen LogP contribution in [0.1, 0.15) is 6.42 Å². The van der Waals surface area contributed by atoms with Crippen molar-refractivity contribution in [2.75, 3.05) is 6.54 Å². The lowest BCUT2D eigenvalue weighted by Crippen LogP contribution is -2.16. The molecule has 150 valence electrons. The van der Waals surface area contributed by atoms with Crippen LogP contribution in [0.2, 0.25) is 0 Å². The molecule has 0 spiro atoms. The molecule has 3 aromatic carbocycles. The first-order valence-electron chi connectivity index (χ1n) is 9.82. The Morgan fingerprint density at radius 1 is 1.03 bits per heavy atom. The highest BCUT2D eigenvalue weighted by Crippen LogP contribution is 2.32. The van der Waals surface area contributed by atoms with Gasteiger partial charge in [0, 0.05) is 34.6 Å². The van der Waals surface area contributed by atoms with Gasteiger partial charge in [-0.2, -0.15) is 5.10 Å². The number of nitrogens with two attached hydrogens (primary N) is 1. The normalized spacial score (nSPS) is 11.5. The summed E-state index contributed by atoms with van der Waals surface area (Å²) in [6.45, 7) is 1.25. The topological polar surface area (TPSA) is 81.6 Å². The Morgan fingerprint density at radius 2 is 1.87 bits per heavy atom. The molecule has 0 radical (unpaired) electrons.